The van der Waals surface area contributed by atoms with Gasteiger partial charge in [0.05, 0.1) is 6.33 Å². The van der Waals surface area contributed by atoms with Gasteiger partial charge in [-0.25, -0.2) is 4.98 Å². The third-order valence-corrected chi connectivity index (χ3v) is 6.56. The van der Waals surface area contributed by atoms with E-state index in [-0.39, 0.29) is 0 Å². The Morgan fingerprint density at radius 1 is 1.03 bits per heavy atom. The van der Waals surface area contributed by atoms with Crippen LogP contribution >= 0.6 is 0 Å². The van der Waals surface area contributed by atoms with Gasteiger partial charge in [-0.1, -0.05) is 19.3 Å². The first-order valence-electron chi connectivity index (χ1n) is 11.4. The number of imidazole rings is 1. The lowest BCUT2D eigenvalue weighted by atomic mass is 9.95. The maximum Gasteiger partial charge on any atom is 0.231 e. The third kappa shape index (κ3) is 4.44. The largest absolute Gasteiger partial charge is 0.369 e. The van der Waals surface area contributed by atoms with Crippen molar-refractivity contribution in [2.45, 2.75) is 45.1 Å². The number of piperazine rings is 1. The van der Waals surface area contributed by atoms with Gasteiger partial charge in [-0.05, 0) is 50.6 Å². The Hall–Kier alpha value is -2.87. The normalized spacial score (nSPS) is 18.5. The SMILES string of the molecule is Cc1cc(N2CCN(C)CC2)ccc1Nc1nc(NC2CCCCC2)c2[nH]cnc2n1. The fourth-order valence-corrected chi connectivity index (χ4v) is 4.60. The van der Waals surface area contributed by atoms with Gasteiger partial charge in [0.15, 0.2) is 11.5 Å². The summed E-state index contributed by atoms with van der Waals surface area (Å²) >= 11 is 0. The Morgan fingerprint density at radius 3 is 2.61 bits per heavy atom. The molecule has 0 bridgehead atoms. The molecule has 2 aliphatic rings. The van der Waals surface area contributed by atoms with Gasteiger partial charge in [-0.15, -0.1) is 0 Å². The van der Waals surface area contributed by atoms with Crippen LogP contribution in [0.4, 0.5) is 23.1 Å². The van der Waals surface area contributed by atoms with E-state index < -0.39 is 0 Å². The standard InChI is InChI=1S/C23H32N8/c1-16-14-18(31-12-10-30(2)11-13-31)8-9-19(16)27-23-28-21-20(24-15-25-21)22(29-23)26-17-6-4-3-5-7-17/h8-9,14-15,17H,3-7,10-13H2,1-2H3,(H3,24,25,26,27,28,29). The van der Waals surface area contributed by atoms with Gasteiger partial charge in [0, 0.05) is 43.6 Å². The minimum Gasteiger partial charge on any atom is -0.369 e. The molecule has 8 nitrogen and oxygen atoms in total. The van der Waals surface area contributed by atoms with Gasteiger partial charge in [0.25, 0.3) is 0 Å². The van der Waals surface area contributed by atoms with Crippen molar-refractivity contribution in [3.05, 3.63) is 30.1 Å². The van der Waals surface area contributed by atoms with Gasteiger partial charge in [0.2, 0.25) is 5.95 Å². The highest BCUT2D eigenvalue weighted by molar-refractivity contribution is 5.84. The molecule has 0 amide bonds. The Morgan fingerprint density at radius 2 is 1.84 bits per heavy atom. The quantitative estimate of drug-likeness (QED) is 0.577. The van der Waals surface area contributed by atoms with Crippen LogP contribution in [0.2, 0.25) is 0 Å². The molecule has 1 saturated carbocycles. The third-order valence-electron chi connectivity index (χ3n) is 6.56. The zero-order valence-electron chi connectivity index (χ0n) is 18.5. The lowest BCUT2D eigenvalue weighted by Gasteiger charge is -2.34. The topological polar surface area (TPSA) is 85.0 Å². The average Bonchev–Trinajstić information content (AvgIpc) is 3.25. The minimum absolute atomic E-state index is 0.465. The maximum atomic E-state index is 4.80. The van der Waals surface area contributed by atoms with E-state index in [2.05, 4.69) is 67.6 Å². The number of nitrogens with zero attached hydrogens (tertiary/aromatic N) is 5. The van der Waals surface area contributed by atoms with Crippen molar-refractivity contribution in [1.82, 2.24) is 24.8 Å². The van der Waals surface area contributed by atoms with E-state index in [0.29, 0.717) is 17.6 Å². The zero-order chi connectivity index (χ0) is 21.2. The Bertz CT molecular complexity index is 1030. The van der Waals surface area contributed by atoms with Crippen LogP contribution in [0.15, 0.2) is 24.5 Å². The molecule has 1 saturated heterocycles. The molecule has 164 valence electrons. The second-order valence-corrected chi connectivity index (χ2v) is 8.89. The molecule has 2 aromatic heterocycles. The highest BCUT2D eigenvalue weighted by atomic mass is 15.2. The molecule has 5 rings (SSSR count). The molecule has 1 aliphatic carbocycles. The van der Waals surface area contributed by atoms with Crippen LogP contribution in [0.25, 0.3) is 11.2 Å². The van der Waals surface area contributed by atoms with Crippen molar-refractivity contribution in [3.8, 4) is 0 Å². The first kappa shape index (κ1) is 20.1. The number of fused-ring (bicyclic) bond motifs is 1. The summed E-state index contributed by atoms with van der Waals surface area (Å²) in [5.41, 5.74) is 5.04. The second-order valence-electron chi connectivity index (χ2n) is 8.89. The lowest BCUT2D eigenvalue weighted by Crippen LogP contribution is -2.44. The van der Waals surface area contributed by atoms with E-state index in [0.717, 1.165) is 43.2 Å². The second kappa shape index (κ2) is 8.70. The van der Waals surface area contributed by atoms with Gasteiger partial charge in [-0.3, -0.25) is 0 Å². The molecule has 1 aliphatic heterocycles. The van der Waals surface area contributed by atoms with Crippen LogP contribution in [0.1, 0.15) is 37.7 Å². The molecular formula is C23H32N8. The molecule has 31 heavy (non-hydrogen) atoms. The monoisotopic (exact) mass is 420 g/mol. The molecule has 0 unspecified atom stereocenters. The number of nitrogens with one attached hydrogen (secondary N) is 3. The zero-order valence-corrected chi connectivity index (χ0v) is 18.5. The summed E-state index contributed by atoms with van der Waals surface area (Å²) in [5, 5.41) is 7.06. The first-order chi connectivity index (χ1) is 15.2. The number of hydrogen-bond donors (Lipinski definition) is 3. The van der Waals surface area contributed by atoms with Crippen LogP contribution in [0, 0.1) is 6.92 Å². The summed E-state index contributed by atoms with van der Waals surface area (Å²) in [6, 6.07) is 7.04. The molecule has 2 fully saturated rings. The van der Waals surface area contributed by atoms with Crippen LogP contribution in [-0.2, 0) is 0 Å². The van der Waals surface area contributed by atoms with Crippen molar-refractivity contribution in [3.63, 3.8) is 0 Å². The fraction of sp³-hybridized carbons (Fsp3) is 0.522. The number of aromatic nitrogens is 4. The molecule has 8 heteroatoms. The number of anilines is 4. The van der Waals surface area contributed by atoms with Gasteiger partial charge in [-0.2, -0.15) is 9.97 Å². The summed E-state index contributed by atoms with van der Waals surface area (Å²) in [7, 11) is 2.18. The molecule has 0 radical (unpaired) electrons. The smallest absolute Gasteiger partial charge is 0.231 e. The van der Waals surface area contributed by atoms with Gasteiger partial charge in [0.1, 0.15) is 5.52 Å². The number of hydrogen-bond acceptors (Lipinski definition) is 7. The van der Waals surface area contributed by atoms with Crippen molar-refractivity contribution in [2.75, 3.05) is 48.8 Å². The maximum absolute atomic E-state index is 4.80. The number of aromatic amines is 1. The van der Waals surface area contributed by atoms with Crippen molar-refractivity contribution in [2.24, 2.45) is 0 Å². The van der Waals surface area contributed by atoms with E-state index in [1.165, 1.54) is 43.4 Å². The molecule has 0 spiro atoms. The molecular weight excluding hydrogens is 388 g/mol. The van der Waals surface area contributed by atoms with E-state index in [1.807, 2.05) is 0 Å². The first-order valence-corrected chi connectivity index (χ1v) is 11.4. The Labute approximate surface area is 183 Å². The predicted molar refractivity (Wildman–Crippen MR) is 126 cm³/mol. The van der Waals surface area contributed by atoms with Crippen molar-refractivity contribution >= 4 is 34.3 Å². The summed E-state index contributed by atoms with van der Waals surface area (Å²) in [6.07, 6.45) is 7.95. The number of benzene rings is 1. The number of aryl methyl sites for hydroxylation is 1. The van der Waals surface area contributed by atoms with Gasteiger partial charge < -0.3 is 25.4 Å². The number of rotatable bonds is 5. The van der Waals surface area contributed by atoms with Crippen LogP contribution in [0.5, 0.6) is 0 Å². The fourth-order valence-electron chi connectivity index (χ4n) is 4.60. The molecule has 0 atom stereocenters. The van der Waals surface area contributed by atoms with Crippen molar-refractivity contribution < 1.29 is 0 Å². The van der Waals surface area contributed by atoms with Crippen LogP contribution < -0.4 is 15.5 Å². The minimum atomic E-state index is 0.465. The number of likely N-dealkylation sites (N-methyl/N-ethyl adjacent to an activating group) is 1. The molecule has 3 N–H and O–H groups in total. The summed E-state index contributed by atoms with van der Waals surface area (Å²) in [5.74, 6) is 1.41. The van der Waals surface area contributed by atoms with Crippen LogP contribution in [0.3, 0.4) is 0 Å². The molecule has 3 aromatic rings. The Balaban J connectivity index is 1.36. The summed E-state index contributed by atoms with van der Waals surface area (Å²) in [6.45, 7) is 6.48. The highest BCUT2D eigenvalue weighted by Gasteiger charge is 2.18. The van der Waals surface area contributed by atoms with E-state index in [4.69, 9.17) is 4.98 Å². The predicted octanol–water partition coefficient (Wildman–Crippen LogP) is 3.90. The van der Waals surface area contributed by atoms with Crippen molar-refractivity contribution in [1.29, 1.82) is 0 Å². The average molecular weight is 421 g/mol. The van der Waals surface area contributed by atoms with Gasteiger partial charge >= 0.3 is 0 Å². The summed E-state index contributed by atoms with van der Waals surface area (Å²) in [4.78, 5) is 21.8. The number of H-pyrrole nitrogens is 1. The lowest BCUT2D eigenvalue weighted by molar-refractivity contribution is 0.313. The van der Waals surface area contributed by atoms with E-state index in [9.17, 15) is 0 Å². The molecule has 1 aromatic carbocycles. The Kier molecular flexibility index (Phi) is 5.63. The highest BCUT2D eigenvalue weighted by Crippen LogP contribution is 2.28. The van der Waals surface area contributed by atoms with E-state index in [1.54, 1.807) is 6.33 Å². The van der Waals surface area contributed by atoms with Crippen LogP contribution in [-0.4, -0.2) is 64.1 Å². The summed E-state index contributed by atoms with van der Waals surface area (Å²) < 4.78 is 0. The molecule has 3 heterocycles. The van der Waals surface area contributed by atoms with E-state index >= 15 is 0 Å².